The Kier molecular flexibility index (Phi) is 6.41. The van der Waals surface area contributed by atoms with Crippen molar-refractivity contribution in [1.82, 2.24) is 19.7 Å². The molecule has 0 unspecified atom stereocenters. The number of hydrogen-bond donors (Lipinski definition) is 1. The fraction of sp³-hybridized carbons (Fsp3) is 0.778. The molecule has 1 saturated heterocycles. The van der Waals surface area contributed by atoms with Gasteiger partial charge in [-0.3, -0.25) is 4.99 Å². The van der Waals surface area contributed by atoms with Crippen LogP contribution in [0.15, 0.2) is 21.8 Å². The van der Waals surface area contributed by atoms with Gasteiger partial charge in [-0.1, -0.05) is 24.9 Å². The Bertz CT molecular complexity index is 718. The van der Waals surface area contributed by atoms with Crippen LogP contribution in [0.2, 0.25) is 0 Å². The maximum absolute atomic E-state index is 12.6. The molecule has 152 valence electrons. The van der Waals surface area contributed by atoms with Gasteiger partial charge in [0.05, 0.1) is 5.69 Å². The predicted octanol–water partition coefficient (Wildman–Crippen LogP) is 1.67. The average molecular weight is 398 g/mol. The van der Waals surface area contributed by atoms with Gasteiger partial charge in [-0.25, -0.2) is 8.42 Å². The zero-order valence-corrected chi connectivity index (χ0v) is 17.2. The van der Waals surface area contributed by atoms with Crippen molar-refractivity contribution in [2.45, 2.75) is 45.3 Å². The van der Waals surface area contributed by atoms with E-state index in [0.717, 1.165) is 19.0 Å². The second kappa shape index (κ2) is 8.60. The predicted molar refractivity (Wildman–Crippen MR) is 105 cm³/mol. The summed E-state index contributed by atoms with van der Waals surface area (Å²) in [6.45, 7) is 8.22. The van der Waals surface area contributed by atoms with Crippen LogP contribution in [-0.2, 0) is 15.8 Å². The fourth-order valence-electron chi connectivity index (χ4n) is 3.85. The number of aromatic nitrogens is 1. The molecule has 2 fully saturated rings. The molecule has 0 spiro atoms. The molecular formula is C18H31N5O3S. The van der Waals surface area contributed by atoms with Gasteiger partial charge in [0.1, 0.15) is 12.0 Å². The highest BCUT2D eigenvalue weighted by Gasteiger charge is 2.31. The molecule has 1 aromatic rings. The summed E-state index contributed by atoms with van der Waals surface area (Å²) in [6.07, 6.45) is 6.47. The highest BCUT2D eigenvalue weighted by molar-refractivity contribution is 7.88. The van der Waals surface area contributed by atoms with Crippen molar-refractivity contribution in [3.05, 3.63) is 18.0 Å². The summed E-state index contributed by atoms with van der Waals surface area (Å²) in [7, 11) is -3.38. The summed E-state index contributed by atoms with van der Waals surface area (Å²) in [5.74, 6) is 0.787. The first-order chi connectivity index (χ1) is 12.9. The Morgan fingerprint density at radius 2 is 2.00 bits per heavy atom. The number of piperazine rings is 1. The van der Waals surface area contributed by atoms with Crippen LogP contribution in [-0.4, -0.2) is 68.0 Å². The van der Waals surface area contributed by atoms with Gasteiger partial charge in [0.15, 0.2) is 5.96 Å². The van der Waals surface area contributed by atoms with Crippen molar-refractivity contribution >= 4 is 16.0 Å². The fourth-order valence-corrected chi connectivity index (χ4v) is 5.27. The van der Waals surface area contributed by atoms with Crippen molar-refractivity contribution < 1.29 is 12.9 Å². The second-order valence-corrected chi connectivity index (χ2v) is 9.79. The zero-order valence-electron chi connectivity index (χ0n) is 16.4. The van der Waals surface area contributed by atoms with E-state index >= 15 is 0 Å². The van der Waals surface area contributed by atoms with E-state index in [1.54, 1.807) is 10.4 Å². The number of sulfonamides is 1. The lowest BCUT2D eigenvalue weighted by atomic mass is 9.89. The summed E-state index contributed by atoms with van der Waals surface area (Å²) < 4.78 is 31.4. The molecule has 1 aromatic heterocycles. The summed E-state index contributed by atoms with van der Waals surface area (Å²) in [6, 6.07) is 1.59. The highest BCUT2D eigenvalue weighted by atomic mass is 32.2. The standard InChI is InChI=1S/C18H31N5O3S/c1-3-19-17(20-15-18(2)7-4-5-8-18)22-9-11-23(12-10-22)27(24,25)14-16-6-13-26-21-16/h6,13H,3-5,7-12,14-15H2,1-2H3,(H,19,20). The van der Waals surface area contributed by atoms with Crippen LogP contribution in [0.4, 0.5) is 0 Å². The lowest BCUT2D eigenvalue weighted by Gasteiger charge is -2.36. The molecule has 27 heavy (non-hydrogen) atoms. The van der Waals surface area contributed by atoms with Crippen molar-refractivity contribution in [2.75, 3.05) is 39.3 Å². The Morgan fingerprint density at radius 3 is 2.59 bits per heavy atom. The number of rotatable bonds is 6. The van der Waals surface area contributed by atoms with Gasteiger partial charge in [0, 0.05) is 45.3 Å². The Labute approximate surface area is 162 Å². The van der Waals surface area contributed by atoms with E-state index in [1.807, 2.05) is 0 Å². The van der Waals surface area contributed by atoms with Gasteiger partial charge in [0.2, 0.25) is 10.0 Å². The van der Waals surface area contributed by atoms with Crippen molar-refractivity contribution in [3.8, 4) is 0 Å². The normalized spacial score (nSPS) is 21.6. The van der Waals surface area contributed by atoms with Crippen LogP contribution in [0.1, 0.15) is 45.2 Å². The van der Waals surface area contributed by atoms with Gasteiger partial charge in [-0.05, 0) is 25.2 Å². The smallest absolute Gasteiger partial charge is 0.220 e. The Hall–Kier alpha value is -1.61. The topological polar surface area (TPSA) is 91.0 Å². The molecule has 1 saturated carbocycles. The quantitative estimate of drug-likeness (QED) is 0.580. The van der Waals surface area contributed by atoms with Crippen LogP contribution < -0.4 is 5.32 Å². The number of nitrogens with one attached hydrogen (secondary N) is 1. The molecule has 0 amide bonds. The van der Waals surface area contributed by atoms with Gasteiger partial charge in [0.25, 0.3) is 0 Å². The lowest BCUT2D eigenvalue weighted by molar-refractivity contribution is 0.258. The van der Waals surface area contributed by atoms with Crippen molar-refractivity contribution in [3.63, 3.8) is 0 Å². The maximum atomic E-state index is 12.6. The first kappa shape index (κ1) is 20.1. The average Bonchev–Trinajstić information content (AvgIpc) is 3.31. The first-order valence-electron chi connectivity index (χ1n) is 9.82. The highest BCUT2D eigenvalue weighted by Crippen LogP contribution is 2.37. The molecule has 0 radical (unpaired) electrons. The van der Waals surface area contributed by atoms with Gasteiger partial charge in [-0.15, -0.1) is 0 Å². The number of guanidine groups is 1. The van der Waals surface area contributed by atoms with Crippen LogP contribution >= 0.6 is 0 Å². The first-order valence-corrected chi connectivity index (χ1v) is 11.4. The molecule has 9 heteroatoms. The summed E-state index contributed by atoms with van der Waals surface area (Å²) >= 11 is 0. The van der Waals surface area contributed by atoms with Crippen molar-refractivity contribution in [2.24, 2.45) is 10.4 Å². The lowest BCUT2D eigenvalue weighted by Crippen LogP contribution is -2.54. The molecule has 0 bridgehead atoms. The molecule has 0 atom stereocenters. The summed E-state index contributed by atoms with van der Waals surface area (Å²) in [4.78, 5) is 7.05. The molecule has 1 aliphatic carbocycles. The summed E-state index contributed by atoms with van der Waals surface area (Å²) in [5.41, 5.74) is 0.751. The zero-order chi connectivity index (χ0) is 19.3. The Balaban J connectivity index is 1.58. The molecule has 2 heterocycles. The Morgan fingerprint density at radius 1 is 1.30 bits per heavy atom. The van der Waals surface area contributed by atoms with E-state index in [9.17, 15) is 8.42 Å². The largest absolute Gasteiger partial charge is 0.364 e. The molecular weight excluding hydrogens is 366 g/mol. The van der Waals surface area contributed by atoms with Gasteiger partial charge < -0.3 is 14.7 Å². The number of hydrogen-bond acceptors (Lipinski definition) is 5. The van der Waals surface area contributed by atoms with Crippen LogP contribution in [0.5, 0.6) is 0 Å². The van der Waals surface area contributed by atoms with Crippen LogP contribution in [0.25, 0.3) is 0 Å². The molecule has 3 rings (SSSR count). The third-order valence-electron chi connectivity index (χ3n) is 5.51. The summed E-state index contributed by atoms with van der Waals surface area (Å²) in [5, 5.41) is 7.08. The molecule has 0 aromatic carbocycles. The van der Waals surface area contributed by atoms with E-state index < -0.39 is 10.0 Å². The number of nitrogens with zero attached hydrogens (tertiary/aromatic N) is 4. The maximum Gasteiger partial charge on any atom is 0.220 e. The number of aliphatic imine (C=N–C) groups is 1. The van der Waals surface area contributed by atoms with E-state index in [-0.39, 0.29) is 5.75 Å². The monoisotopic (exact) mass is 397 g/mol. The molecule has 1 aliphatic heterocycles. The van der Waals surface area contributed by atoms with Crippen LogP contribution in [0, 0.1) is 5.41 Å². The van der Waals surface area contributed by atoms with Gasteiger partial charge in [-0.2, -0.15) is 4.31 Å². The minimum absolute atomic E-state index is 0.115. The van der Waals surface area contributed by atoms with E-state index in [2.05, 4.69) is 29.2 Å². The third kappa shape index (κ3) is 5.22. The molecule has 8 nitrogen and oxygen atoms in total. The molecule has 2 aliphatic rings. The third-order valence-corrected chi connectivity index (χ3v) is 7.32. The minimum Gasteiger partial charge on any atom is -0.364 e. The van der Waals surface area contributed by atoms with E-state index in [0.29, 0.717) is 37.3 Å². The van der Waals surface area contributed by atoms with E-state index in [1.165, 1.54) is 31.9 Å². The molecule has 1 N–H and O–H groups in total. The second-order valence-electron chi connectivity index (χ2n) is 7.82. The minimum atomic E-state index is -3.38. The SMILES string of the molecule is CCNC(=NCC1(C)CCCC1)N1CCN(S(=O)(=O)Cc2ccon2)CC1. The van der Waals surface area contributed by atoms with Crippen molar-refractivity contribution in [1.29, 1.82) is 0 Å². The van der Waals surface area contributed by atoms with Crippen LogP contribution in [0.3, 0.4) is 0 Å². The van der Waals surface area contributed by atoms with Gasteiger partial charge >= 0.3 is 0 Å². The van der Waals surface area contributed by atoms with E-state index in [4.69, 9.17) is 9.52 Å².